The zero-order valence-corrected chi connectivity index (χ0v) is 15.3. The Kier molecular flexibility index (Phi) is 5.10. The van der Waals surface area contributed by atoms with Crippen LogP contribution in [0.1, 0.15) is 9.75 Å². The molecule has 0 radical (unpaired) electrons. The maximum atomic E-state index is 11.9. The van der Waals surface area contributed by atoms with Crippen LogP contribution in [0.4, 0.5) is 0 Å². The molecular formula is C15H24N2O4S2. The van der Waals surface area contributed by atoms with Crippen molar-refractivity contribution in [1.29, 1.82) is 0 Å². The predicted molar refractivity (Wildman–Crippen MR) is 90.3 cm³/mol. The van der Waals surface area contributed by atoms with E-state index in [-0.39, 0.29) is 0 Å². The van der Waals surface area contributed by atoms with Crippen LogP contribution >= 0.6 is 11.3 Å². The fourth-order valence-corrected chi connectivity index (χ4v) is 4.99. The molecule has 3 rings (SSSR count). The molecular weight excluding hydrogens is 336 g/mol. The molecule has 6 nitrogen and oxygen atoms in total. The van der Waals surface area contributed by atoms with Gasteiger partial charge < -0.3 is 9.47 Å². The Morgan fingerprint density at radius 2 is 2.09 bits per heavy atom. The van der Waals surface area contributed by atoms with Crippen molar-refractivity contribution in [3.63, 3.8) is 0 Å². The molecule has 0 aliphatic carbocycles. The number of nitrogens with zero attached hydrogens (tertiary/aromatic N) is 2. The summed E-state index contributed by atoms with van der Waals surface area (Å²) in [5.74, 6) is 0. The van der Waals surface area contributed by atoms with E-state index in [1.54, 1.807) is 11.3 Å². The number of sulfonamides is 1. The van der Waals surface area contributed by atoms with Crippen molar-refractivity contribution in [1.82, 2.24) is 9.21 Å². The van der Waals surface area contributed by atoms with Crippen molar-refractivity contribution in [3.05, 3.63) is 21.9 Å². The molecule has 130 valence electrons. The van der Waals surface area contributed by atoms with Crippen molar-refractivity contribution < 1.29 is 17.9 Å². The molecule has 1 spiro atoms. The third-order valence-corrected chi connectivity index (χ3v) is 6.52. The van der Waals surface area contributed by atoms with Crippen molar-refractivity contribution in [2.75, 3.05) is 52.3 Å². The van der Waals surface area contributed by atoms with Crippen molar-refractivity contribution in [2.24, 2.45) is 0 Å². The van der Waals surface area contributed by atoms with Gasteiger partial charge in [0.1, 0.15) is 5.60 Å². The highest BCUT2D eigenvalue weighted by atomic mass is 32.2. The van der Waals surface area contributed by atoms with Crippen molar-refractivity contribution >= 4 is 21.4 Å². The Morgan fingerprint density at radius 1 is 1.26 bits per heavy atom. The number of ether oxygens (including phenoxy) is 2. The van der Waals surface area contributed by atoms with Gasteiger partial charge in [0, 0.05) is 42.5 Å². The van der Waals surface area contributed by atoms with Crippen molar-refractivity contribution in [2.45, 2.75) is 19.1 Å². The normalized spacial score (nSPS) is 28.1. The Bertz CT molecular complexity index is 646. The summed E-state index contributed by atoms with van der Waals surface area (Å²) in [5.41, 5.74) is -0.565. The summed E-state index contributed by atoms with van der Waals surface area (Å²) in [5, 5.41) is 0. The van der Waals surface area contributed by atoms with Crippen LogP contribution in [0.2, 0.25) is 0 Å². The van der Waals surface area contributed by atoms with Gasteiger partial charge in [0.25, 0.3) is 0 Å². The molecule has 23 heavy (non-hydrogen) atoms. The van der Waals surface area contributed by atoms with Gasteiger partial charge >= 0.3 is 0 Å². The van der Waals surface area contributed by atoms with E-state index in [4.69, 9.17) is 9.47 Å². The van der Waals surface area contributed by atoms with Crippen molar-refractivity contribution in [3.8, 4) is 0 Å². The van der Waals surface area contributed by atoms with E-state index in [1.165, 1.54) is 20.3 Å². The molecule has 0 bridgehead atoms. The van der Waals surface area contributed by atoms with E-state index in [0.717, 1.165) is 13.1 Å². The minimum absolute atomic E-state index is 0.367. The first-order valence-corrected chi connectivity index (χ1v) is 10.5. The zero-order chi connectivity index (χ0) is 16.5. The van der Waals surface area contributed by atoms with Crippen LogP contribution in [0.3, 0.4) is 0 Å². The standard InChI is InChI=1S/C15H24N2O4S2/c1-13-3-4-14(22-13)9-16-5-8-21-15(10-16)11-17(23(2,18)19)6-7-20-12-15/h3-4H,5-12H2,1-2H3/t15-/m1/s1. The number of morpholine rings is 1. The average Bonchev–Trinajstić information content (AvgIpc) is 2.75. The lowest BCUT2D eigenvalue weighted by Crippen LogP contribution is -2.58. The molecule has 2 fully saturated rings. The Balaban J connectivity index is 1.72. The summed E-state index contributed by atoms with van der Waals surface area (Å²) >= 11 is 1.81. The summed E-state index contributed by atoms with van der Waals surface area (Å²) in [4.78, 5) is 4.97. The highest BCUT2D eigenvalue weighted by Crippen LogP contribution is 2.26. The number of hydrogen-bond donors (Lipinski definition) is 0. The Morgan fingerprint density at radius 3 is 2.78 bits per heavy atom. The highest BCUT2D eigenvalue weighted by molar-refractivity contribution is 7.88. The molecule has 3 heterocycles. The van der Waals surface area contributed by atoms with E-state index in [1.807, 2.05) is 0 Å². The van der Waals surface area contributed by atoms with Crippen LogP contribution in [-0.4, -0.2) is 75.5 Å². The van der Waals surface area contributed by atoms with Gasteiger partial charge in [-0.3, -0.25) is 4.90 Å². The summed E-state index contributed by atoms with van der Waals surface area (Å²) in [6.45, 7) is 6.76. The third kappa shape index (κ3) is 4.32. The SMILES string of the molecule is Cc1ccc(CN2CCO[C@]3(COCCN(S(C)(=O)=O)C3)C2)s1. The number of thiophene rings is 1. The lowest BCUT2D eigenvalue weighted by Gasteiger charge is -2.42. The van der Waals surface area contributed by atoms with Gasteiger partial charge in [0.2, 0.25) is 10.0 Å². The van der Waals surface area contributed by atoms with Gasteiger partial charge in [0.15, 0.2) is 0 Å². The van der Waals surface area contributed by atoms with Gasteiger partial charge in [-0.1, -0.05) is 0 Å². The minimum atomic E-state index is -3.24. The summed E-state index contributed by atoms with van der Waals surface area (Å²) in [6, 6.07) is 4.30. The first-order valence-electron chi connectivity index (χ1n) is 7.81. The van der Waals surface area contributed by atoms with Gasteiger partial charge in [-0.15, -0.1) is 11.3 Å². The summed E-state index contributed by atoms with van der Waals surface area (Å²) < 4.78 is 37.0. The van der Waals surface area contributed by atoms with Crippen LogP contribution in [0.5, 0.6) is 0 Å². The molecule has 1 aromatic heterocycles. The zero-order valence-electron chi connectivity index (χ0n) is 13.7. The van der Waals surface area contributed by atoms with Gasteiger partial charge in [0.05, 0.1) is 26.1 Å². The fraction of sp³-hybridized carbons (Fsp3) is 0.733. The van der Waals surface area contributed by atoms with Crippen LogP contribution in [0.25, 0.3) is 0 Å². The lowest BCUT2D eigenvalue weighted by atomic mass is 10.0. The minimum Gasteiger partial charge on any atom is -0.377 e. The fourth-order valence-electron chi connectivity index (χ4n) is 3.19. The average molecular weight is 361 g/mol. The van der Waals surface area contributed by atoms with Gasteiger partial charge in [-0.25, -0.2) is 8.42 Å². The van der Waals surface area contributed by atoms with Gasteiger partial charge in [-0.05, 0) is 19.1 Å². The van der Waals surface area contributed by atoms with E-state index >= 15 is 0 Å². The van der Waals surface area contributed by atoms with E-state index in [0.29, 0.717) is 39.5 Å². The Labute approximate surface area is 142 Å². The lowest BCUT2D eigenvalue weighted by molar-refractivity contribution is -0.139. The molecule has 1 aromatic rings. The van der Waals surface area contributed by atoms with E-state index < -0.39 is 15.6 Å². The molecule has 0 saturated carbocycles. The number of rotatable bonds is 3. The first-order chi connectivity index (χ1) is 10.9. The molecule has 2 aliphatic heterocycles. The summed E-state index contributed by atoms with van der Waals surface area (Å²) in [6.07, 6.45) is 1.25. The van der Waals surface area contributed by atoms with Crippen LogP contribution in [-0.2, 0) is 26.0 Å². The maximum Gasteiger partial charge on any atom is 0.211 e. The molecule has 0 aromatic carbocycles. The molecule has 2 aliphatic rings. The highest BCUT2D eigenvalue weighted by Gasteiger charge is 2.42. The van der Waals surface area contributed by atoms with E-state index in [2.05, 4.69) is 24.0 Å². The monoisotopic (exact) mass is 360 g/mol. The van der Waals surface area contributed by atoms with E-state index in [9.17, 15) is 8.42 Å². The second-order valence-electron chi connectivity index (χ2n) is 6.40. The number of hydrogen-bond acceptors (Lipinski definition) is 6. The molecule has 0 N–H and O–H groups in total. The number of aryl methyl sites for hydroxylation is 1. The first kappa shape index (κ1) is 17.3. The topological polar surface area (TPSA) is 59.1 Å². The van der Waals surface area contributed by atoms with Crippen LogP contribution in [0.15, 0.2) is 12.1 Å². The van der Waals surface area contributed by atoms with Crippen LogP contribution in [0, 0.1) is 6.92 Å². The molecule has 8 heteroatoms. The quantitative estimate of drug-likeness (QED) is 0.802. The predicted octanol–water partition coefficient (Wildman–Crippen LogP) is 0.919. The Hall–Kier alpha value is -0.510. The third-order valence-electron chi connectivity index (χ3n) is 4.29. The molecule has 0 amide bonds. The van der Waals surface area contributed by atoms with Gasteiger partial charge in [-0.2, -0.15) is 4.31 Å². The largest absolute Gasteiger partial charge is 0.377 e. The molecule has 1 atom stereocenters. The summed E-state index contributed by atoms with van der Waals surface area (Å²) in [7, 11) is -3.24. The maximum absolute atomic E-state index is 11.9. The smallest absolute Gasteiger partial charge is 0.211 e. The molecule has 2 saturated heterocycles. The molecule has 0 unspecified atom stereocenters. The second-order valence-corrected chi connectivity index (χ2v) is 9.76. The van der Waals surface area contributed by atoms with Crippen LogP contribution < -0.4 is 0 Å². The second kappa shape index (κ2) is 6.78.